The highest BCUT2D eigenvalue weighted by molar-refractivity contribution is 6.35. The van der Waals surface area contributed by atoms with Gasteiger partial charge in [-0.1, -0.05) is 52.2 Å². The number of unbranched alkanes of at least 4 members (excludes halogenated alkanes) is 2. The predicted molar refractivity (Wildman–Crippen MR) is 85.8 cm³/mol. The molecule has 0 spiro atoms. The van der Waals surface area contributed by atoms with Gasteiger partial charge in [0.15, 0.2) is 0 Å². The molecule has 2 nitrogen and oxygen atoms in total. The maximum atomic E-state index is 6.32. The van der Waals surface area contributed by atoms with Crippen molar-refractivity contribution < 1.29 is 0 Å². The van der Waals surface area contributed by atoms with Crippen LogP contribution >= 0.6 is 0 Å². The molecule has 0 fully saturated rings. The van der Waals surface area contributed by atoms with Crippen molar-refractivity contribution in [2.24, 2.45) is 11.7 Å². The van der Waals surface area contributed by atoms with Gasteiger partial charge in [-0.25, -0.2) is 0 Å². The standard InChI is InChI=1S/C15H35BN2/c1-4-6-10-14(15(17)9-5-2)13-16-11-7-8-12-18-3/h14-16,18H,4-13,17H2,1-3H3. The van der Waals surface area contributed by atoms with Gasteiger partial charge in [0, 0.05) is 6.04 Å². The maximum absolute atomic E-state index is 6.32. The van der Waals surface area contributed by atoms with Crippen molar-refractivity contribution in [3.8, 4) is 0 Å². The van der Waals surface area contributed by atoms with Crippen molar-refractivity contribution in [2.75, 3.05) is 13.6 Å². The molecule has 3 heteroatoms. The van der Waals surface area contributed by atoms with Crippen molar-refractivity contribution in [1.82, 2.24) is 5.32 Å². The van der Waals surface area contributed by atoms with E-state index in [4.69, 9.17) is 5.73 Å². The van der Waals surface area contributed by atoms with Gasteiger partial charge in [-0.05, 0) is 38.8 Å². The Labute approximate surface area is 116 Å². The van der Waals surface area contributed by atoms with E-state index in [1.165, 1.54) is 64.9 Å². The highest BCUT2D eigenvalue weighted by Crippen LogP contribution is 2.20. The minimum atomic E-state index is 0.443. The summed E-state index contributed by atoms with van der Waals surface area (Å²) < 4.78 is 0. The zero-order valence-electron chi connectivity index (χ0n) is 13.0. The van der Waals surface area contributed by atoms with E-state index in [2.05, 4.69) is 19.2 Å². The second-order valence-corrected chi connectivity index (χ2v) is 5.66. The fraction of sp³-hybridized carbons (Fsp3) is 1.00. The fourth-order valence-corrected chi connectivity index (χ4v) is 2.67. The summed E-state index contributed by atoms with van der Waals surface area (Å²) in [5.41, 5.74) is 6.32. The average Bonchev–Trinajstić information content (AvgIpc) is 2.37. The third-order valence-electron chi connectivity index (χ3n) is 3.91. The molecule has 0 rings (SSSR count). The quantitative estimate of drug-likeness (QED) is 0.391. The molecule has 3 N–H and O–H groups in total. The molecule has 18 heavy (non-hydrogen) atoms. The van der Waals surface area contributed by atoms with Gasteiger partial charge in [0.1, 0.15) is 7.28 Å². The molecule has 0 saturated carbocycles. The molecule has 0 aromatic carbocycles. The zero-order valence-corrected chi connectivity index (χ0v) is 13.0. The summed E-state index contributed by atoms with van der Waals surface area (Å²) in [6.45, 7) is 5.68. The monoisotopic (exact) mass is 254 g/mol. The second-order valence-electron chi connectivity index (χ2n) is 5.66. The van der Waals surface area contributed by atoms with Crippen molar-refractivity contribution in [3.63, 3.8) is 0 Å². The Hall–Kier alpha value is -0.0151. The third-order valence-corrected chi connectivity index (χ3v) is 3.91. The lowest BCUT2D eigenvalue weighted by atomic mass is 9.63. The van der Waals surface area contributed by atoms with Crippen molar-refractivity contribution in [1.29, 1.82) is 0 Å². The summed E-state index contributed by atoms with van der Waals surface area (Å²) in [5.74, 6) is 0.772. The Kier molecular flexibility index (Phi) is 13.4. The molecule has 0 aliphatic carbocycles. The second kappa shape index (κ2) is 13.4. The Morgan fingerprint density at radius 2 is 1.83 bits per heavy atom. The summed E-state index contributed by atoms with van der Waals surface area (Å²) in [6.07, 6.45) is 11.8. The number of hydrogen-bond donors (Lipinski definition) is 2. The predicted octanol–water partition coefficient (Wildman–Crippen LogP) is 3.19. The molecule has 108 valence electrons. The first kappa shape index (κ1) is 18.0. The van der Waals surface area contributed by atoms with Gasteiger partial charge in [-0.15, -0.1) is 0 Å². The highest BCUT2D eigenvalue weighted by Gasteiger charge is 2.16. The maximum Gasteiger partial charge on any atom is 0.121 e. The Morgan fingerprint density at radius 3 is 2.44 bits per heavy atom. The van der Waals surface area contributed by atoms with Gasteiger partial charge in [0.25, 0.3) is 0 Å². The van der Waals surface area contributed by atoms with E-state index < -0.39 is 0 Å². The molecular weight excluding hydrogens is 219 g/mol. The molecule has 0 radical (unpaired) electrons. The number of nitrogens with one attached hydrogen (secondary N) is 1. The van der Waals surface area contributed by atoms with E-state index in [0.717, 1.165) is 12.5 Å². The van der Waals surface area contributed by atoms with E-state index in [1.807, 2.05) is 7.05 Å². The van der Waals surface area contributed by atoms with E-state index >= 15 is 0 Å². The smallest absolute Gasteiger partial charge is 0.121 e. The summed E-state index contributed by atoms with van der Waals surface area (Å²) in [6, 6.07) is 0.443. The molecule has 2 unspecified atom stereocenters. The van der Waals surface area contributed by atoms with Crippen LogP contribution in [0.15, 0.2) is 0 Å². The van der Waals surface area contributed by atoms with Gasteiger partial charge < -0.3 is 11.1 Å². The van der Waals surface area contributed by atoms with Crippen LogP contribution in [0.1, 0.15) is 58.8 Å². The van der Waals surface area contributed by atoms with Crippen LogP contribution in [0.25, 0.3) is 0 Å². The normalized spacial score (nSPS) is 14.4. The van der Waals surface area contributed by atoms with Crippen LogP contribution in [0.5, 0.6) is 0 Å². The molecule has 0 aliphatic heterocycles. The lowest BCUT2D eigenvalue weighted by molar-refractivity contribution is 0.391. The first-order valence-corrected chi connectivity index (χ1v) is 8.16. The number of hydrogen-bond acceptors (Lipinski definition) is 2. The van der Waals surface area contributed by atoms with Gasteiger partial charge in [0.2, 0.25) is 0 Å². The van der Waals surface area contributed by atoms with Gasteiger partial charge in [0.05, 0.1) is 0 Å². The van der Waals surface area contributed by atoms with Crippen molar-refractivity contribution in [2.45, 2.75) is 77.5 Å². The third kappa shape index (κ3) is 9.96. The van der Waals surface area contributed by atoms with Crippen LogP contribution in [-0.2, 0) is 0 Å². The SMILES string of the molecule is CCCCC(CBCCCCNC)C(N)CCC. The number of rotatable bonds is 13. The lowest BCUT2D eigenvalue weighted by Crippen LogP contribution is -2.30. The molecular formula is C15H35BN2. The van der Waals surface area contributed by atoms with Crippen molar-refractivity contribution in [3.05, 3.63) is 0 Å². The Balaban J connectivity index is 3.71. The fourth-order valence-electron chi connectivity index (χ4n) is 2.67. The van der Waals surface area contributed by atoms with Crippen LogP contribution in [-0.4, -0.2) is 26.9 Å². The first-order valence-electron chi connectivity index (χ1n) is 8.16. The molecule has 0 aromatic rings. The van der Waals surface area contributed by atoms with E-state index in [-0.39, 0.29) is 0 Å². The van der Waals surface area contributed by atoms with E-state index in [0.29, 0.717) is 6.04 Å². The lowest BCUT2D eigenvalue weighted by Gasteiger charge is -2.23. The molecule has 0 saturated heterocycles. The molecule has 0 heterocycles. The largest absolute Gasteiger partial charge is 0.327 e. The van der Waals surface area contributed by atoms with E-state index in [1.54, 1.807) is 0 Å². The van der Waals surface area contributed by atoms with Crippen LogP contribution < -0.4 is 11.1 Å². The topological polar surface area (TPSA) is 38.0 Å². The Bertz CT molecular complexity index is 165. The van der Waals surface area contributed by atoms with Gasteiger partial charge in [-0.3, -0.25) is 0 Å². The summed E-state index contributed by atoms with van der Waals surface area (Å²) in [7, 11) is 3.40. The van der Waals surface area contributed by atoms with Gasteiger partial charge >= 0.3 is 0 Å². The average molecular weight is 254 g/mol. The van der Waals surface area contributed by atoms with Crippen LogP contribution in [0, 0.1) is 5.92 Å². The Morgan fingerprint density at radius 1 is 1.06 bits per heavy atom. The first-order chi connectivity index (χ1) is 8.76. The minimum Gasteiger partial charge on any atom is -0.327 e. The van der Waals surface area contributed by atoms with Gasteiger partial charge in [-0.2, -0.15) is 0 Å². The van der Waals surface area contributed by atoms with E-state index in [9.17, 15) is 0 Å². The summed E-state index contributed by atoms with van der Waals surface area (Å²) >= 11 is 0. The van der Waals surface area contributed by atoms with Crippen LogP contribution in [0.2, 0.25) is 12.6 Å². The minimum absolute atomic E-state index is 0.443. The number of nitrogens with two attached hydrogens (primary N) is 1. The molecule has 0 aromatic heterocycles. The van der Waals surface area contributed by atoms with Crippen LogP contribution in [0.4, 0.5) is 0 Å². The molecule has 0 aliphatic rings. The highest BCUT2D eigenvalue weighted by atomic mass is 14.8. The molecule has 2 atom stereocenters. The molecule has 0 amide bonds. The van der Waals surface area contributed by atoms with Crippen LogP contribution in [0.3, 0.4) is 0 Å². The summed E-state index contributed by atoms with van der Waals surface area (Å²) in [5, 5.41) is 3.21. The molecule has 0 bridgehead atoms. The zero-order chi connectivity index (χ0) is 13.6. The summed E-state index contributed by atoms with van der Waals surface area (Å²) in [4.78, 5) is 0. The van der Waals surface area contributed by atoms with Crippen molar-refractivity contribution >= 4 is 7.28 Å².